The Kier molecular flexibility index (Phi) is 5.59. The van der Waals surface area contributed by atoms with Crippen LogP contribution in [0.3, 0.4) is 0 Å². The highest BCUT2D eigenvalue weighted by Gasteiger charge is 2.10. The summed E-state index contributed by atoms with van der Waals surface area (Å²) < 4.78 is 0. The third kappa shape index (κ3) is 4.75. The summed E-state index contributed by atoms with van der Waals surface area (Å²) in [7, 11) is 0. The molecular formula is C15H17N5O3. The molecule has 0 atom stereocenters. The number of aliphatic hydroxyl groups is 1. The topological polar surface area (TPSA) is 120 Å². The van der Waals surface area contributed by atoms with E-state index in [4.69, 9.17) is 5.11 Å². The summed E-state index contributed by atoms with van der Waals surface area (Å²) in [5.74, 6) is 0.0847. The van der Waals surface area contributed by atoms with E-state index in [1.807, 2.05) is 0 Å². The number of benzene rings is 1. The zero-order chi connectivity index (χ0) is 16.7. The molecule has 0 aliphatic heterocycles. The number of rotatable bonds is 7. The van der Waals surface area contributed by atoms with Crippen molar-refractivity contribution < 1.29 is 14.7 Å². The minimum atomic E-state index is -0.362. The largest absolute Gasteiger partial charge is 0.396 e. The molecule has 2 rings (SSSR count). The van der Waals surface area contributed by atoms with E-state index in [-0.39, 0.29) is 24.4 Å². The Labute approximate surface area is 132 Å². The molecule has 1 heterocycles. The zero-order valence-corrected chi connectivity index (χ0v) is 12.4. The predicted molar refractivity (Wildman–Crippen MR) is 85.0 cm³/mol. The van der Waals surface area contributed by atoms with E-state index < -0.39 is 0 Å². The predicted octanol–water partition coefficient (Wildman–Crippen LogP) is 1.11. The highest BCUT2D eigenvalue weighted by molar-refractivity contribution is 6.04. The summed E-state index contributed by atoms with van der Waals surface area (Å²) in [6, 6.07) is 6.38. The van der Waals surface area contributed by atoms with Crippen molar-refractivity contribution in [1.82, 2.24) is 15.2 Å². The molecule has 1 aromatic heterocycles. The SMILES string of the molecule is C=CC(=O)Nc1ccc(C(=O)Nc2n[nH]c(CCCO)n2)cc1. The van der Waals surface area contributed by atoms with Gasteiger partial charge in [-0.25, -0.2) is 0 Å². The van der Waals surface area contributed by atoms with Crippen molar-refractivity contribution in [2.24, 2.45) is 0 Å². The van der Waals surface area contributed by atoms with E-state index in [0.29, 0.717) is 29.9 Å². The van der Waals surface area contributed by atoms with Gasteiger partial charge in [0.25, 0.3) is 5.91 Å². The molecule has 8 heteroatoms. The van der Waals surface area contributed by atoms with Crippen LogP contribution in [0.25, 0.3) is 0 Å². The van der Waals surface area contributed by atoms with Gasteiger partial charge in [-0.05, 0) is 36.8 Å². The molecule has 0 aliphatic rings. The fourth-order valence-corrected chi connectivity index (χ4v) is 1.78. The van der Waals surface area contributed by atoms with Gasteiger partial charge in [0.15, 0.2) is 0 Å². The summed E-state index contributed by atoms with van der Waals surface area (Å²) in [5.41, 5.74) is 0.971. The van der Waals surface area contributed by atoms with Crippen LogP contribution in [0.5, 0.6) is 0 Å². The van der Waals surface area contributed by atoms with E-state index in [1.165, 1.54) is 0 Å². The molecule has 0 spiro atoms. The first-order chi connectivity index (χ1) is 11.1. The Balaban J connectivity index is 1.96. The third-order valence-electron chi connectivity index (χ3n) is 2.93. The summed E-state index contributed by atoms with van der Waals surface area (Å²) in [4.78, 5) is 27.4. The number of amides is 2. The van der Waals surface area contributed by atoms with Gasteiger partial charge in [0.1, 0.15) is 5.82 Å². The van der Waals surface area contributed by atoms with Crippen LogP contribution in [0.2, 0.25) is 0 Å². The lowest BCUT2D eigenvalue weighted by Gasteiger charge is -2.04. The molecule has 23 heavy (non-hydrogen) atoms. The molecule has 0 radical (unpaired) electrons. The van der Waals surface area contributed by atoms with Gasteiger partial charge in [0.05, 0.1) is 0 Å². The van der Waals surface area contributed by atoms with Crippen molar-refractivity contribution in [2.75, 3.05) is 17.2 Å². The summed E-state index contributed by atoms with van der Waals surface area (Å²) in [6.45, 7) is 3.43. The lowest BCUT2D eigenvalue weighted by molar-refractivity contribution is -0.111. The lowest BCUT2D eigenvalue weighted by Crippen LogP contribution is -2.13. The Bertz CT molecular complexity index is 693. The molecule has 2 aromatic rings. The number of aromatic nitrogens is 3. The molecule has 2 amide bonds. The van der Waals surface area contributed by atoms with Gasteiger partial charge in [-0.3, -0.25) is 20.0 Å². The molecule has 0 fully saturated rings. The van der Waals surface area contributed by atoms with Crippen molar-refractivity contribution in [3.05, 3.63) is 48.3 Å². The second kappa shape index (κ2) is 7.85. The van der Waals surface area contributed by atoms with Gasteiger partial charge in [0.2, 0.25) is 11.9 Å². The third-order valence-corrected chi connectivity index (χ3v) is 2.93. The minimum Gasteiger partial charge on any atom is -0.396 e. The van der Waals surface area contributed by atoms with Crippen molar-refractivity contribution >= 4 is 23.5 Å². The number of nitrogens with zero attached hydrogens (tertiary/aromatic N) is 2. The Morgan fingerprint density at radius 1 is 1.26 bits per heavy atom. The number of hydrogen-bond donors (Lipinski definition) is 4. The average molecular weight is 315 g/mol. The summed E-state index contributed by atoms with van der Waals surface area (Å²) in [6.07, 6.45) is 2.29. The van der Waals surface area contributed by atoms with Crippen molar-refractivity contribution in [3.63, 3.8) is 0 Å². The van der Waals surface area contributed by atoms with Gasteiger partial charge in [0, 0.05) is 24.3 Å². The number of carbonyl (C=O) groups excluding carboxylic acids is 2. The molecule has 0 aliphatic carbocycles. The van der Waals surface area contributed by atoms with Crippen molar-refractivity contribution in [2.45, 2.75) is 12.8 Å². The summed E-state index contributed by atoms with van der Waals surface area (Å²) in [5, 5.41) is 20.5. The van der Waals surface area contributed by atoms with E-state index >= 15 is 0 Å². The quantitative estimate of drug-likeness (QED) is 0.570. The Morgan fingerprint density at radius 3 is 2.65 bits per heavy atom. The average Bonchev–Trinajstić information content (AvgIpc) is 3.00. The Hall–Kier alpha value is -3.00. The number of aliphatic hydroxyl groups excluding tert-OH is 1. The number of carbonyl (C=O) groups is 2. The van der Waals surface area contributed by atoms with E-state index in [2.05, 4.69) is 32.4 Å². The zero-order valence-electron chi connectivity index (χ0n) is 12.4. The number of H-pyrrole nitrogens is 1. The van der Waals surface area contributed by atoms with Crippen LogP contribution in [0.15, 0.2) is 36.9 Å². The summed E-state index contributed by atoms with van der Waals surface area (Å²) >= 11 is 0. The molecular weight excluding hydrogens is 298 g/mol. The highest BCUT2D eigenvalue weighted by Crippen LogP contribution is 2.11. The number of nitrogens with one attached hydrogen (secondary N) is 3. The number of anilines is 2. The van der Waals surface area contributed by atoms with Crippen LogP contribution in [0, 0.1) is 0 Å². The first-order valence-electron chi connectivity index (χ1n) is 6.99. The van der Waals surface area contributed by atoms with Crippen LogP contribution < -0.4 is 10.6 Å². The van der Waals surface area contributed by atoms with Crippen LogP contribution in [-0.2, 0) is 11.2 Å². The number of hydrogen-bond acceptors (Lipinski definition) is 5. The van der Waals surface area contributed by atoms with Gasteiger partial charge in [-0.15, -0.1) is 5.10 Å². The van der Waals surface area contributed by atoms with Crippen LogP contribution in [0.1, 0.15) is 22.6 Å². The standard InChI is InChI=1S/C15H17N5O3/c1-2-13(22)16-11-7-5-10(6-8-11)14(23)18-15-17-12(19-20-15)4-3-9-21/h2,5-8,21H,1,3-4,9H2,(H,16,22)(H2,17,18,19,20,23). The number of aryl methyl sites for hydroxylation is 1. The van der Waals surface area contributed by atoms with E-state index in [9.17, 15) is 9.59 Å². The smallest absolute Gasteiger partial charge is 0.258 e. The van der Waals surface area contributed by atoms with E-state index in [0.717, 1.165) is 6.08 Å². The Morgan fingerprint density at radius 2 is 2.00 bits per heavy atom. The van der Waals surface area contributed by atoms with Crippen molar-refractivity contribution in [3.8, 4) is 0 Å². The fourth-order valence-electron chi connectivity index (χ4n) is 1.78. The number of aromatic amines is 1. The van der Waals surface area contributed by atoms with Gasteiger partial charge in [-0.2, -0.15) is 4.98 Å². The second-order valence-electron chi connectivity index (χ2n) is 4.66. The maximum absolute atomic E-state index is 12.1. The van der Waals surface area contributed by atoms with Gasteiger partial charge < -0.3 is 10.4 Å². The monoisotopic (exact) mass is 315 g/mol. The second-order valence-corrected chi connectivity index (χ2v) is 4.66. The lowest BCUT2D eigenvalue weighted by atomic mass is 10.2. The molecule has 8 nitrogen and oxygen atoms in total. The highest BCUT2D eigenvalue weighted by atomic mass is 16.3. The van der Waals surface area contributed by atoms with Crippen LogP contribution >= 0.6 is 0 Å². The molecule has 1 aromatic carbocycles. The van der Waals surface area contributed by atoms with Crippen molar-refractivity contribution in [1.29, 1.82) is 0 Å². The molecule has 0 saturated heterocycles. The van der Waals surface area contributed by atoms with E-state index in [1.54, 1.807) is 24.3 Å². The maximum atomic E-state index is 12.1. The first kappa shape index (κ1) is 16.4. The van der Waals surface area contributed by atoms with Crippen LogP contribution in [-0.4, -0.2) is 38.7 Å². The van der Waals surface area contributed by atoms with Gasteiger partial charge >= 0.3 is 0 Å². The maximum Gasteiger partial charge on any atom is 0.258 e. The molecule has 120 valence electrons. The fraction of sp³-hybridized carbons (Fsp3) is 0.200. The van der Waals surface area contributed by atoms with Gasteiger partial charge in [-0.1, -0.05) is 6.58 Å². The first-order valence-corrected chi connectivity index (χ1v) is 6.99. The molecule has 0 unspecified atom stereocenters. The van der Waals surface area contributed by atoms with Crippen LogP contribution in [0.4, 0.5) is 11.6 Å². The molecule has 0 saturated carbocycles. The molecule has 0 bridgehead atoms. The normalized spacial score (nSPS) is 10.1. The minimum absolute atomic E-state index is 0.0666. The molecule has 4 N–H and O–H groups in total.